The van der Waals surface area contributed by atoms with Crippen molar-refractivity contribution in [3.63, 3.8) is 0 Å². The van der Waals surface area contributed by atoms with Crippen molar-refractivity contribution in [2.45, 2.75) is 52.0 Å². The first-order valence-electron chi connectivity index (χ1n) is 10.7. The molecule has 2 aliphatic heterocycles. The van der Waals surface area contributed by atoms with Gasteiger partial charge in [0, 0.05) is 39.8 Å². The predicted molar refractivity (Wildman–Crippen MR) is 114 cm³/mol. The molecule has 3 rings (SSSR count). The van der Waals surface area contributed by atoms with E-state index in [1.54, 1.807) is 0 Å². The number of guanidine groups is 1. The fraction of sp³-hybridized carbons (Fsp3) is 0.682. The van der Waals surface area contributed by atoms with Gasteiger partial charge in [-0.15, -0.1) is 0 Å². The van der Waals surface area contributed by atoms with Crippen LogP contribution in [0.25, 0.3) is 0 Å². The highest BCUT2D eigenvalue weighted by atomic mass is 16.5. The van der Waals surface area contributed by atoms with Crippen LogP contribution in [-0.2, 0) is 22.6 Å². The van der Waals surface area contributed by atoms with E-state index in [9.17, 15) is 0 Å². The monoisotopic (exact) mass is 388 g/mol. The summed E-state index contributed by atoms with van der Waals surface area (Å²) < 4.78 is 11.8. The third-order valence-electron chi connectivity index (χ3n) is 5.73. The van der Waals surface area contributed by atoms with Crippen molar-refractivity contribution < 1.29 is 9.47 Å². The van der Waals surface area contributed by atoms with Crippen LogP contribution in [-0.4, -0.2) is 74.4 Å². The number of morpholine rings is 1. The zero-order chi connectivity index (χ0) is 19.8. The molecule has 0 spiro atoms. The molecule has 1 aromatic carbocycles. The summed E-state index contributed by atoms with van der Waals surface area (Å²) in [7, 11) is 1.86. The number of aliphatic imine (C=N–C) groups is 1. The first-order chi connectivity index (χ1) is 13.7. The molecule has 28 heavy (non-hydrogen) atoms. The third kappa shape index (κ3) is 5.69. The largest absolute Gasteiger partial charge is 0.375 e. The molecule has 6 nitrogen and oxygen atoms in total. The molecule has 0 aliphatic carbocycles. The molecule has 2 aliphatic rings. The molecule has 1 N–H and O–H groups in total. The van der Waals surface area contributed by atoms with Crippen LogP contribution in [0.5, 0.6) is 0 Å². The summed E-state index contributed by atoms with van der Waals surface area (Å²) >= 11 is 0. The van der Waals surface area contributed by atoms with Crippen molar-refractivity contribution in [3.05, 3.63) is 35.4 Å². The van der Waals surface area contributed by atoms with Crippen LogP contribution in [0.15, 0.2) is 29.3 Å². The van der Waals surface area contributed by atoms with Crippen molar-refractivity contribution in [1.82, 2.24) is 15.1 Å². The minimum Gasteiger partial charge on any atom is -0.375 e. The highest BCUT2D eigenvalue weighted by molar-refractivity contribution is 5.80. The van der Waals surface area contributed by atoms with E-state index in [1.807, 2.05) is 7.05 Å². The molecular weight excluding hydrogens is 352 g/mol. The Balaban J connectivity index is 1.55. The lowest BCUT2D eigenvalue weighted by molar-refractivity contribution is -0.0817. The van der Waals surface area contributed by atoms with Gasteiger partial charge in [0.15, 0.2) is 5.96 Å². The molecule has 1 aromatic rings. The summed E-state index contributed by atoms with van der Waals surface area (Å²) in [5, 5.41) is 3.54. The van der Waals surface area contributed by atoms with Crippen LogP contribution in [0.4, 0.5) is 0 Å². The molecule has 0 aromatic heterocycles. The predicted octanol–water partition coefficient (Wildman–Crippen LogP) is 2.48. The second-order valence-electron chi connectivity index (χ2n) is 7.59. The molecule has 2 saturated heterocycles. The molecule has 2 heterocycles. The van der Waals surface area contributed by atoms with Crippen LogP contribution in [0, 0.1) is 0 Å². The Bertz CT molecular complexity index is 627. The standard InChI is InChI=1S/C22H36N4O2/c1-4-25(5-2)16-19-9-6-8-18(14-19)15-24-22(23-3)26-11-13-28-21(17-26)20-10-7-12-27-20/h6,8-9,14,20-21H,4-5,7,10-13,15-17H2,1-3H3,(H,23,24). The van der Waals surface area contributed by atoms with Gasteiger partial charge in [-0.05, 0) is 37.1 Å². The number of ether oxygens (including phenoxy) is 2. The van der Waals surface area contributed by atoms with Gasteiger partial charge >= 0.3 is 0 Å². The minimum absolute atomic E-state index is 0.146. The lowest BCUT2D eigenvalue weighted by Gasteiger charge is -2.37. The van der Waals surface area contributed by atoms with Gasteiger partial charge in [0.1, 0.15) is 6.10 Å². The maximum atomic E-state index is 5.97. The maximum Gasteiger partial charge on any atom is 0.194 e. The van der Waals surface area contributed by atoms with Crippen LogP contribution in [0.2, 0.25) is 0 Å². The van der Waals surface area contributed by atoms with E-state index in [2.05, 4.69) is 58.2 Å². The number of benzene rings is 1. The number of rotatable bonds is 7. The van der Waals surface area contributed by atoms with Gasteiger partial charge in [0.25, 0.3) is 0 Å². The van der Waals surface area contributed by atoms with Gasteiger partial charge in [-0.3, -0.25) is 9.89 Å². The molecule has 156 valence electrons. The molecule has 2 fully saturated rings. The molecule has 0 radical (unpaired) electrons. The first kappa shape index (κ1) is 21.1. The van der Waals surface area contributed by atoms with Gasteiger partial charge in [-0.25, -0.2) is 0 Å². The van der Waals surface area contributed by atoms with Crippen molar-refractivity contribution in [3.8, 4) is 0 Å². The number of hydrogen-bond donors (Lipinski definition) is 1. The van der Waals surface area contributed by atoms with E-state index in [1.165, 1.54) is 11.1 Å². The molecule has 2 unspecified atom stereocenters. The van der Waals surface area contributed by atoms with Crippen molar-refractivity contribution in [2.24, 2.45) is 4.99 Å². The topological polar surface area (TPSA) is 49.3 Å². The van der Waals surface area contributed by atoms with Crippen molar-refractivity contribution in [2.75, 3.05) is 46.4 Å². The Kier molecular flexibility index (Phi) is 8.13. The molecule has 0 bridgehead atoms. The Hall–Kier alpha value is -1.63. The first-order valence-corrected chi connectivity index (χ1v) is 10.7. The smallest absolute Gasteiger partial charge is 0.194 e. The Labute approximate surface area is 169 Å². The highest BCUT2D eigenvalue weighted by Gasteiger charge is 2.32. The third-order valence-corrected chi connectivity index (χ3v) is 5.73. The Morgan fingerprint density at radius 2 is 1.96 bits per heavy atom. The normalized spacial score (nSPS) is 23.4. The number of nitrogens with zero attached hydrogens (tertiary/aromatic N) is 3. The van der Waals surface area contributed by atoms with Gasteiger partial charge in [0.05, 0.1) is 12.7 Å². The second-order valence-corrected chi connectivity index (χ2v) is 7.59. The van der Waals surface area contributed by atoms with Gasteiger partial charge in [-0.1, -0.05) is 38.1 Å². The maximum absolute atomic E-state index is 5.97. The van der Waals surface area contributed by atoms with Gasteiger partial charge in [-0.2, -0.15) is 0 Å². The summed E-state index contributed by atoms with van der Waals surface area (Å²) in [5.41, 5.74) is 2.65. The van der Waals surface area contributed by atoms with E-state index in [-0.39, 0.29) is 12.2 Å². The summed E-state index contributed by atoms with van der Waals surface area (Å²) in [5.74, 6) is 0.945. The zero-order valence-electron chi connectivity index (χ0n) is 17.7. The molecule has 6 heteroatoms. The summed E-state index contributed by atoms with van der Waals surface area (Å²) in [6, 6.07) is 8.85. The average Bonchev–Trinajstić information content (AvgIpc) is 3.28. The SMILES string of the molecule is CCN(CC)Cc1cccc(CNC(=NC)N2CCOC(C3CCCO3)C2)c1. The number of nitrogens with one attached hydrogen (secondary N) is 1. The summed E-state index contributed by atoms with van der Waals surface area (Å²) in [6.07, 6.45) is 2.62. The highest BCUT2D eigenvalue weighted by Crippen LogP contribution is 2.21. The molecular formula is C22H36N4O2. The van der Waals surface area contributed by atoms with Crippen molar-refractivity contribution in [1.29, 1.82) is 0 Å². The summed E-state index contributed by atoms with van der Waals surface area (Å²) in [6.45, 7) is 11.7. The van der Waals surface area contributed by atoms with Crippen LogP contribution >= 0.6 is 0 Å². The van der Waals surface area contributed by atoms with E-state index >= 15 is 0 Å². The fourth-order valence-electron chi connectivity index (χ4n) is 4.05. The molecule has 2 atom stereocenters. The zero-order valence-corrected chi connectivity index (χ0v) is 17.7. The van der Waals surface area contributed by atoms with Gasteiger partial charge < -0.3 is 19.7 Å². The Morgan fingerprint density at radius 1 is 1.18 bits per heavy atom. The van der Waals surface area contributed by atoms with Crippen LogP contribution in [0.1, 0.15) is 37.8 Å². The second kappa shape index (κ2) is 10.8. The quantitative estimate of drug-likeness (QED) is 0.574. The van der Waals surface area contributed by atoms with E-state index in [0.717, 1.165) is 71.3 Å². The van der Waals surface area contributed by atoms with Crippen LogP contribution < -0.4 is 5.32 Å². The van der Waals surface area contributed by atoms with E-state index in [4.69, 9.17) is 9.47 Å². The average molecular weight is 389 g/mol. The summed E-state index contributed by atoms with van der Waals surface area (Å²) in [4.78, 5) is 9.25. The Morgan fingerprint density at radius 3 is 2.68 bits per heavy atom. The molecule has 0 saturated carbocycles. The van der Waals surface area contributed by atoms with Crippen molar-refractivity contribution >= 4 is 5.96 Å². The lowest BCUT2D eigenvalue weighted by atomic mass is 10.1. The van der Waals surface area contributed by atoms with E-state index < -0.39 is 0 Å². The lowest BCUT2D eigenvalue weighted by Crippen LogP contribution is -2.53. The van der Waals surface area contributed by atoms with Crippen LogP contribution in [0.3, 0.4) is 0 Å². The fourth-order valence-corrected chi connectivity index (χ4v) is 4.05. The molecule has 0 amide bonds. The minimum atomic E-state index is 0.146. The van der Waals surface area contributed by atoms with E-state index in [0.29, 0.717) is 0 Å². The van der Waals surface area contributed by atoms with Gasteiger partial charge in [0.2, 0.25) is 0 Å². The number of hydrogen-bond acceptors (Lipinski definition) is 4.